The first-order valence-corrected chi connectivity index (χ1v) is 18.5. The van der Waals surface area contributed by atoms with Crippen molar-refractivity contribution in [3.05, 3.63) is 187 Å². The lowest BCUT2D eigenvalue weighted by atomic mass is 9.82. The second-order valence-corrected chi connectivity index (χ2v) is 15.3. The molecular formula is C49H35NS. The Kier molecular flexibility index (Phi) is 6.78. The molecule has 0 aliphatic heterocycles. The van der Waals surface area contributed by atoms with Crippen molar-refractivity contribution < 1.29 is 0 Å². The van der Waals surface area contributed by atoms with E-state index in [0.717, 1.165) is 17.1 Å². The monoisotopic (exact) mass is 669 g/mol. The maximum atomic E-state index is 2.41. The van der Waals surface area contributed by atoms with Crippen LogP contribution in [0.4, 0.5) is 17.1 Å². The molecule has 1 aliphatic carbocycles. The van der Waals surface area contributed by atoms with E-state index in [9.17, 15) is 0 Å². The third kappa shape index (κ3) is 4.90. The van der Waals surface area contributed by atoms with Crippen molar-refractivity contribution in [2.24, 2.45) is 0 Å². The van der Waals surface area contributed by atoms with E-state index in [1.54, 1.807) is 0 Å². The van der Waals surface area contributed by atoms with Crippen LogP contribution < -0.4 is 4.90 Å². The summed E-state index contributed by atoms with van der Waals surface area (Å²) in [5, 5.41) is 5.22. The lowest BCUT2D eigenvalue weighted by Gasteiger charge is -2.28. The van der Waals surface area contributed by atoms with Crippen LogP contribution in [0.25, 0.3) is 64.3 Å². The summed E-state index contributed by atoms with van der Waals surface area (Å²) in [6, 6.07) is 64.9. The molecule has 0 spiro atoms. The van der Waals surface area contributed by atoms with Crippen LogP contribution >= 0.6 is 11.3 Å². The zero-order valence-corrected chi connectivity index (χ0v) is 29.4. The molecule has 0 saturated heterocycles. The molecule has 1 heterocycles. The number of hydrogen-bond acceptors (Lipinski definition) is 2. The van der Waals surface area contributed by atoms with Gasteiger partial charge in [-0.25, -0.2) is 0 Å². The first-order valence-electron chi connectivity index (χ1n) is 17.7. The molecule has 9 aromatic rings. The summed E-state index contributed by atoms with van der Waals surface area (Å²) in [6.07, 6.45) is 0. The van der Waals surface area contributed by atoms with Crippen LogP contribution in [0.2, 0.25) is 0 Å². The molecule has 0 saturated carbocycles. The number of fused-ring (bicyclic) bond motifs is 7. The number of rotatable bonds is 5. The van der Waals surface area contributed by atoms with E-state index in [-0.39, 0.29) is 5.41 Å². The number of benzene rings is 8. The van der Waals surface area contributed by atoms with Gasteiger partial charge in [0.05, 0.1) is 0 Å². The second-order valence-electron chi connectivity index (χ2n) is 14.2. The van der Waals surface area contributed by atoms with Crippen LogP contribution in [0.15, 0.2) is 176 Å². The van der Waals surface area contributed by atoms with Gasteiger partial charge >= 0.3 is 0 Å². The van der Waals surface area contributed by atoms with Gasteiger partial charge in [0.1, 0.15) is 0 Å². The standard InChI is InChI=1S/C49H35NS/c1-49(2)45-17-8-6-15-41(45)43-31-40(25-26-46(43)49)50(39-14-10-13-34(28-39)32-11-4-3-5-12-32)38-23-21-33(22-24-38)35-19-20-36-30-48-44(29-37(36)27-35)42-16-7-9-18-47(42)51-48/h3-31H,1-2H3. The van der Waals surface area contributed by atoms with Crippen molar-refractivity contribution in [3.63, 3.8) is 0 Å². The fraction of sp³-hybridized carbons (Fsp3) is 0.0612. The highest BCUT2D eigenvalue weighted by Crippen LogP contribution is 2.50. The van der Waals surface area contributed by atoms with Gasteiger partial charge in [0.2, 0.25) is 0 Å². The normalized spacial score (nSPS) is 13.1. The molecule has 1 aliphatic rings. The zero-order valence-electron chi connectivity index (χ0n) is 28.6. The van der Waals surface area contributed by atoms with Crippen molar-refractivity contribution in [2.75, 3.05) is 4.90 Å². The zero-order chi connectivity index (χ0) is 34.1. The first-order chi connectivity index (χ1) is 25.0. The van der Waals surface area contributed by atoms with Gasteiger partial charge in [-0.1, -0.05) is 129 Å². The molecule has 0 bridgehead atoms. The molecule has 0 amide bonds. The maximum absolute atomic E-state index is 2.41. The van der Waals surface area contributed by atoms with Gasteiger partial charge in [-0.05, 0) is 116 Å². The van der Waals surface area contributed by atoms with Crippen molar-refractivity contribution >= 4 is 59.3 Å². The Morgan fingerprint density at radius 3 is 1.94 bits per heavy atom. The molecule has 0 fully saturated rings. The Morgan fingerprint density at radius 1 is 0.392 bits per heavy atom. The molecule has 8 aromatic carbocycles. The molecule has 51 heavy (non-hydrogen) atoms. The van der Waals surface area contributed by atoms with Gasteiger partial charge in [0, 0.05) is 42.6 Å². The fourth-order valence-electron chi connectivity index (χ4n) is 8.20. The number of anilines is 3. The summed E-state index contributed by atoms with van der Waals surface area (Å²) in [5.41, 5.74) is 13.6. The van der Waals surface area contributed by atoms with E-state index in [4.69, 9.17) is 0 Å². The minimum absolute atomic E-state index is 0.0354. The molecular weight excluding hydrogens is 635 g/mol. The molecule has 1 nitrogen and oxygen atoms in total. The maximum Gasteiger partial charge on any atom is 0.0468 e. The van der Waals surface area contributed by atoms with Crippen LogP contribution in [0, 0.1) is 0 Å². The smallest absolute Gasteiger partial charge is 0.0468 e. The average molecular weight is 670 g/mol. The van der Waals surface area contributed by atoms with E-state index in [1.165, 1.54) is 75.5 Å². The van der Waals surface area contributed by atoms with Gasteiger partial charge in [0.15, 0.2) is 0 Å². The Hall–Kier alpha value is -5.96. The van der Waals surface area contributed by atoms with Crippen LogP contribution in [0.1, 0.15) is 25.0 Å². The molecule has 2 heteroatoms. The molecule has 0 N–H and O–H groups in total. The Bertz CT molecular complexity index is 2770. The van der Waals surface area contributed by atoms with E-state index < -0.39 is 0 Å². The quantitative estimate of drug-likeness (QED) is 0.176. The Labute approximate surface area is 302 Å². The summed E-state index contributed by atoms with van der Waals surface area (Å²) in [5.74, 6) is 0. The van der Waals surface area contributed by atoms with Crippen molar-refractivity contribution in [1.29, 1.82) is 0 Å². The van der Waals surface area contributed by atoms with Gasteiger partial charge in [-0.15, -0.1) is 11.3 Å². The van der Waals surface area contributed by atoms with Gasteiger partial charge in [-0.2, -0.15) is 0 Å². The van der Waals surface area contributed by atoms with Crippen molar-refractivity contribution in [2.45, 2.75) is 19.3 Å². The predicted molar refractivity (Wildman–Crippen MR) is 220 cm³/mol. The van der Waals surface area contributed by atoms with Crippen LogP contribution in [-0.4, -0.2) is 0 Å². The molecule has 0 atom stereocenters. The topological polar surface area (TPSA) is 3.24 Å². The van der Waals surface area contributed by atoms with Crippen LogP contribution in [-0.2, 0) is 5.41 Å². The summed E-state index contributed by atoms with van der Waals surface area (Å²) < 4.78 is 2.68. The number of thiophene rings is 1. The highest BCUT2D eigenvalue weighted by atomic mass is 32.1. The SMILES string of the molecule is CC1(C)c2ccccc2-c2cc(N(c3ccc(-c4ccc5cc6sc7ccccc7c6cc5c4)cc3)c3cccc(-c4ccccc4)c3)ccc21. The summed E-state index contributed by atoms with van der Waals surface area (Å²) >= 11 is 1.88. The lowest BCUT2D eigenvalue weighted by Crippen LogP contribution is -2.15. The van der Waals surface area contributed by atoms with Gasteiger partial charge in [-0.3, -0.25) is 0 Å². The Morgan fingerprint density at radius 2 is 1.06 bits per heavy atom. The minimum Gasteiger partial charge on any atom is -0.310 e. The van der Waals surface area contributed by atoms with E-state index >= 15 is 0 Å². The average Bonchev–Trinajstić information content (AvgIpc) is 3.65. The van der Waals surface area contributed by atoms with Crippen LogP contribution in [0.5, 0.6) is 0 Å². The first kappa shape index (κ1) is 29.9. The highest BCUT2D eigenvalue weighted by molar-refractivity contribution is 7.25. The van der Waals surface area contributed by atoms with Crippen LogP contribution in [0.3, 0.4) is 0 Å². The molecule has 1 aromatic heterocycles. The number of nitrogens with zero attached hydrogens (tertiary/aromatic N) is 1. The minimum atomic E-state index is -0.0354. The predicted octanol–water partition coefficient (Wildman–Crippen LogP) is 14.3. The molecule has 242 valence electrons. The summed E-state index contributed by atoms with van der Waals surface area (Å²) in [7, 11) is 0. The van der Waals surface area contributed by atoms with Gasteiger partial charge in [0.25, 0.3) is 0 Å². The second kappa shape index (κ2) is 11.6. The lowest BCUT2D eigenvalue weighted by molar-refractivity contribution is 0.660. The molecule has 10 rings (SSSR count). The van der Waals surface area contributed by atoms with Crippen molar-refractivity contribution in [3.8, 4) is 33.4 Å². The third-order valence-corrected chi connectivity index (χ3v) is 12.0. The van der Waals surface area contributed by atoms with E-state index in [1.807, 2.05) is 11.3 Å². The molecule has 0 unspecified atom stereocenters. The summed E-state index contributed by atoms with van der Waals surface area (Å²) in [4.78, 5) is 2.41. The third-order valence-electron chi connectivity index (χ3n) is 10.8. The largest absolute Gasteiger partial charge is 0.310 e. The van der Waals surface area contributed by atoms with Crippen molar-refractivity contribution in [1.82, 2.24) is 0 Å². The van der Waals surface area contributed by atoms with E-state index in [0.29, 0.717) is 0 Å². The summed E-state index contributed by atoms with van der Waals surface area (Å²) in [6.45, 7) is 4.68. The fourth-order valence-corrected chi connectivity index (χ4v) is 9.34. The van der Waals surface area contributed by atoms with E-state index in [2.05, 4.69) is 195 Å². The Balaban J connectivity index is 1.08. The number of hydrogen-bond donors (Lipinski definition) is 0. The molecule has 0 radical (unpaired) electrons. The van der Waals surface area contributed by atoms with Gasteiger partial charge < -0.3 is 4.90 Å². The highest BCUT2D eigenvalue weighted by Gasteiger charge is 2.35.